The normalized spacial score (nSPS) is 13.9. The van der Waals surface area contributed by atoms with Crippen LogP contribution in [0.5, 0.6) is 0 Å². The molecule has 0 aromatic heterocycles. The zero-order valence-electron chi connectivity index (χ0n) is 6.00. The van der Waals surface area contributed by atoms with Crippen molar-refractivity contribution in [2.75, 3.05) is 5.75 Å². The van der Waals surface area contributed by atoms with Crippen molar-refractivity contribution in [1.29, 1.82) is 0 Å². The fraction of sp³-hybridized carbons (Fsp3) is 1.00. The zero-order valence-corrected chi connectivity index (χ0v) is 10.4. The average Bonchev–Trinajstić information content (AvgIpc) is 1.59. The van der Waals surface area contributed by atoms with E-state index < -0.39 is 10.1 Å². The van der Waals surface area contributed by atoms with E-state index in [2.05, 4.69) is 15.9 Å². The van der Waals surface area contributed by atoms with Crippen LogP contribution in [0.2, 0.25) is 0 Å². The molecule has 0 aliphatic rings. The summed E-state index contributed by atoms with van der Waals surface area (Å²) in [6.45, 7) is 1.80. The van der Waals surface area contributed by atoms with Crippen molar-refractivity contribution in [1.82, 2.24) is 0 Å². The van der Waals surface area contributed by atoms with Gasteiger partial charge in [-0.3, -0.25) is 0 Å². The summed E-state index contributed by atoms with van der Waals surface area (Å²) in [7, 11) is -4.00. The maximum absolute atomic E-state index is 9.96. The van der Waals surface area contributed by atoms with Crippen LogP contribution in [0.25, 0.3) is 0 Å². The summed E-state index contributed by atoms with van der Waals surface area (Å²) < 4.78 is 29.9. The quantitative estimate of drug-likeness (QED) is 0.316. The number of rotatable bonds is 3. The minimum absolute atomic E-state index is 0. The van der Waals surface area contributed by atoms with E-state index in [1.807, 2.05) is 0 Å². The van der Waals surface area contributed by atoms with Crippen LogP contribution in [-0.2, 0) is 10.1 Å². The summed E-state index contributed by atoms with van der Waals surface area (Å²) >= 11 is 3.12. The standard InChI is InChI=1S/C4H9BrO3S.Na/c1-4(5)2-3-9(6,7)8;/h4H,2-3H2,1H3,(H,6,7,8);/q;+1/p-1. The number of hydrogen-bond acceptors (Lipinski definition) is 3. The predicted octanol–water partition coefficient (Wildman–Crippen LogP) is -2.29. The van der Waals surface area contributed by atoms with Crippen molar-refractivity contribution in [2.24, 2.45) is 0 Å². The maximum Gasteiger partial charge on any atom is 1.00 e. The van der Waals surface area contributed by atoms with Gasteiger partial charge in [0.1, 0.15) is 0 Å². The van der Waals surface area contributed by atoms with Gasteiger partial charge in [0.25, 0.3) is 0 Å². The van der Waals surface area contributed by atoms with Gasteiger partial charge in [-0.2, -0.15) is 0 Å². The molecule has 1 atom stereocenters. The first-order valence-corrected chi connectivity index (χ1v) is 4.99. The van der Waals surface area contributed by atoms with Crippen LogP contribution in [0.4, 0.5) is 0 Å². The number of alkyl halides is 1. The van der Waals surface area contributed by atoms with Crippen molar-refractivity contribution in [3.8, 4) is 0 Å². The minimum atomic E-state index is -4.00. The molecule has 0 aliphatic heterocycles. The van der Waals surface area contributed by atoms with Gasteiger partial charge in [-0.25, -0.2) is 8.42 Å². The third-order valence-corrected chi connectivity index (χ3v) is 1.96. The second-order valence-electron chi connectivity index (χ2n) is 1.83. The second kappa shape index (κ2) is 5.97. The van der Waals surface area contributed by atoms with E-state index >= 15 is 0 Å². The topological polar surface area (TPSA) is 57.2 Å². The van der Waals surface area contributed by atoms with Crippen LogP contribution in [0.15, 0.2) is 0 Å². The fourth-order valence-corrected chi connectivity index (χ4v) is 1.48. The first-order chi connectivity index (χ1) is 3.92. The van der Waals surface area contributed by atoms with Crippen LogP contribution in [0.3, 0.4) is 0 Å². The third kappa shape index (κ3) is 12.1. The van der Waals surface area contributed by atoms with Crippen LogP contribution in [-0.4, -0.2) is 23.6 Å². The Kier molecular flexibility index (Phi) is 8.32. The first-order valence-electron chi connectivity index (χ1n) is 2.49. The summed E-state index contributed by atoms with van der Waals surface area (Å²) in [5, 5.41) is 0. The maximum atomic E-state index is 9.96. The fourth-order valence-electron chi connectivity index (χ4n) is 0.307. The molecule has 0 aromatic carbocycles. The van der Waals surface area contributed by atoms with Gasteiger partial charge in [-0.05, 0) is 6.42 Å². The first kappa shape index (κ1) is 13.9. The van der Waals surface area contributed by atoms with Gasteiger partial charge in [0, 0.05) is 10.6 Å². The van der Waals surface area contributed by atoms with Gasteiger partial charge in [0.05, 0.1) is 10.1 Å². The Bertz CT molecular complexity index is 165. The molecule has 0 saturated carbocycles. The molecule has 0 radical (unpaired) electrons. The van der Waals surface area contributed by atoms with Crippen molar-refractivity contribution < 1.29 is 42.5 Å². The Hall–Kier alpha value is 1.39. The monoisotopic (exact) mass is 238 g/mol. The molecule has 10 heavy (non-hydrogen) atoms. The van der Waals surface area contributed by atoms with E-state index in [4.69, 9.17) is 0 Å². The molecule has 0 spiro atoms. The molecule has 0 rings (SSSR count). The van der Waals surface area contributed by atoms with Gasteiger partial charge < -0.3 is 4.55 Å². The van der Waals surface area contributed by atoms with E-state index in [-0.39, 0.29) is 40.1 Å². The Labute approximate surface area is 91.7 Å². The Balaban J connectivity index is 0. The SMILES string of the molecule is CC(Br)CCS(=O)(=O)[O-].[Na+]. The molecule has 0 N–H and O–H groups in total. The predicted molar refractivity (Wildman–Crippen MR) is 37.6 cm³/mol. The van der Waals surface area contributed by atoms with E-state index in [0.29, 0.717) is 6.42 Å². The summed E-state index contributed by atoms with van der Waals surface area (Å²) in [6, 6.07) is 0. The van der Waals surface area contributed by atoms with Gasteiger partial charge in [-0.15, -0.1) is 0 Å². The smallest absolute Gasteiger partial charge is 0.748 e. The molecule has 6 heteroatoms. The van der Waals surface area contributed by atoms with E-state index in [1.165, 1.54) is 0 Å². The van der Waals surface area contributed by atoms with Crippen molar-refractivity contribution >= 4 is 26.0 Å². The molecule has 3 nitrogen and oxygen atoms in total. The van der Waals surface area contributed by atoms with Gasteiger partial charge in [0.15, 0.2) is 0 Å². The van der Waals surface area contributed by atoms with Crippen molar-refractivity contribution in [2.45, 2.75) is 18.2 Å². The average molecular weight is 239 g/mol. The third-order valence-electron chi connectivity index (χ3n) is 0.766. The van der Waals surface area contributed by atoms with Crippen molar-refractivity contribution in [3.05, 3.63) is 0 Å². The molecule has 0 amide bonds. The molecule has 0 aliphatic carbocycles. The number of hydrogen-bond donors (Lipinski definition) is 0. The molecular weight excluding hydrogens is 231 g/mol. The zero-order chi connectivity index (χ0) is 7.49. The molecule has 0 saturated heterocycles. The largest absolute Gasteiger partial charge is 1.00 e. The number of halogens is 1. The van der Waals surface area contributed by atoms with Gasteiger partial charge in [-0.1, -0.05) is 22.9 Å². The second-order valence-corrected chi connectivity index (χ2v) is 4.92. The van der Waals surface area contributed by atoms with Gasteiger partial charge in [0.2, 0.25) is 0 Å². The van der Waals surface area contributed by atoms with Crippen LogP contribution in [0.1, 0.15) is 13.3 Å². The van der Waals surface area contributed by atoms with Crippen LogP contribution < -0.4 is 29.6 Å². The molecule has 0 aromatic rings. The molecule has 0 fully saturated rings. The Morgan fingerprint density at radius 3 is 2.10 bits per heavy atom. The molecular formula is C4H8BrNaO3S. The summed E-state index contributed by atoms with van der Waals surface area (Å²) in [4.78, 5) is 0.0984. The summed E-state index contributed by atoms with van der Waals surface area (Å²) in [6.07, 6.45) is 0.381. The van der Waals surface area contributed by atoms with E-state index in [9.17, 15) is 13.0 Å². The molecule has 0 bridgehead atoms. The Morgan fingerprint density at radius 2 is 2.00 bits per heavy atom. The van der Waals surface area contributed by atoms with E-state index in [1.54, 1.807) is 6.92 Å². The Morgan fingerprint density at radius 1 is 1.60 bits per heavy atom. The van der Waals surface area contributed by atoms with Crippen LogP contribution in [0, 0.1) is 0 Å². The van der Waals surface area contributed by atoms with Gasteiger partial charge >= 0.3 is 29.6 Å². The molecule has 1 unspecified atom stereocenters. The molecule has 56 valence electrons. The van der Waals surface area contributed by atoms with E-state index in [0.717, 1.165) is 0 Å². The molecule has 0 heterocycles. The summed E-state index contributed by atoms with van der Waals surface area (Å²) in [5.74, 6) is -0.278. The van der Waals surface area contributed by atoms with Crippen LogP contribution >= 0.6 is 15.9 Å². The minimum Gasteiger partial charge on any atom is -0.748 e. The summed E-state index contributed by atoms with van der Waals surface area (Å²) in [5.41, 5.74) is 0. The van der Waals surface area contributed by atoms with Crippen molar-refractivity contribution in [3.63, 3.8) is 0 Å².